The topological polar surface area (TPSA) is 32.5 Å². The minimum atomic E-state index is 0.163. The summed E-state index contributed by atoms with van der Waals surface area (Å²) in [5, 5.41) is 0.791. The van der Waals surface area contributed by atoms with Gasteiger partial charge >= 0.3 is 0 Å². The molecule has 1 aromatic rings. The summed E-state index contributed by atoms with van der Waals surface area (Å²) in [7, 11) is 4.35. The Morgan fingerprint density at radius 3 is 2.95 bits per heavy atom. The zero-order valence-electron chi connectivity index (χ0n) is 12.1. The first-order chi connectivity index (χ1) is 9.52. The van der Waals surface area contributed by atoms with Crippen molar-refractivity contribution in [2.75, 3.05) is 33.7 Å². The van der Waals surface area contributed by atoms with Crippen LogP contribution in [0.25, 0.3) is 0 Å². The van der Waals surface area contributed by atoms with Crippen molar-refractivity contribution in [3.8, 4) is 0 Å². The van der Waals surface area contributed by atoms with Crippen LogP contribution in [0.2, 0.25) is 5.02 Å². The minimum Gasteiger partial charge on any atom is -0.329 e. The molecule has 2 rings (SSSR count). The molecule has 1 heterocycles. The molecule has 0 radical (unpaired) electrons. The van der Waals surface area contributed by atoms with Crippen molar-refractivity contribution in [1.29, 1.82) is 0 Å². The molecule has 0 amide bonds. The normalized spacial score (nSPS) is 22.2. The van der Waals surface area contributed by atoms with Crippen LogP contribution in [0.4, 0.5) is 0 Å². The predicted molar refractivity (Wildman–Crippen MR) is 89.2 cm³/mol. The first-order valence-electron chi connectivity index (χ1n) is 7.08. The molecule has 0 saturated carbocycles. The fraction of sp³-hybridized carbons (Fsp3) is 0.600. The van der Waals surface area contributed by atoms with E-state index in [9.17, 15) is 0 Å². The highest BCUT2D eigenvalue weighted by molar-refractivity contribution is 9.10. The number of rotatable bonds is 4. The van der Waals surface area contributed by atoms with E-state index in [1.807, 2.05) is 12.1 Å². The standard InChI is InChI=1S/C15H23BrClN3/c1-19-7-3-4-12(10-19)20(2)15(9-18)13-8-11(16)5-6-14(13)17/h5-6,8,12,15H,3-4,7,9-10,18H2,1-2H3. The second-order valence-electron chi connectivity index (χ2n) is 5.64. The average Bonchev–Trinajstić information content (AvgIpc) is 2.43. The summed E-state index contributed by atoms with van der Waals surface area (Å²) in [6.07, 6.45) is 2.47. The van der Waals surface area contributed by atoms with Gasteiger partial charge in [0, 0.05) is 34.7 Å². The van der Waals surface area contributed by atoms with Crippen LogP contribution in [-0.4, -0.2) is 49.6 Å². The smallest absolute Gasteiger partial charge is 0.0486 e. The highest BCUT2D eigenvalue weighted by Gasteiger charge is 2.27. The molecule has 1 aliphatic heterocycles. The van der Waals surface area contributed by atoms with E-state index in [2.05, 4.69) is 45.9 Å². The van der Waals surface area contributed by atoms with Crippen molar-refractivity contribution in [2.24, 2.45) is 5.73 Å². The molecule has 3 nitrogen and oxygen atoms in total. The maximum absolute atomic E-state index is 6.37. The largest absolute Gasteiger partial charge is 0.329 e. The Bertz CT molecular complexity index is 455. The summed E-state index contributed by atoms with van der Waals surface area (Å²) < 4.78 is 1.05. The third-order valence-corrected chi connectivity index (χ3v) is 5.04. The summed E-state index contributed by atoms with van der Waals surface area (Å²) in [6.45, 7) is 2.86. The van der Waals surface area contributed by atoms with Crippen molar-refractivity contribution >= 4 is 27.5 Å². The van der Waals surface area contributed by atoms with Gasteiger partial charge in [0.2, 0.25) is 0 Å². The Morgan fingerprint density at radius 2 is 2.30 bits per heavy atom. The van der Waals surface area contributed by atoms with Crippen molar-refractivity contribution in [2.45, 2.75) is 24.9 Å². The molecule has 112 valence electrons. The van der Waals surface area contributed by atoms with Gasteiger partial charge in [0.25, 0.3) is 0 Å². The fourth-order valence-corrected chi connectivity index (χ4v) is 3.63. The predicted octanol–water partition coefficient (Wildman–Crippen LogP) is 3.13. The lowest BCUT2D eigenvalue weighted by atomic mass is 9.99. The molecule has 0 aromatic heterocycles. The number of likely N-dealkylation sites (N-methyl/N-ethyl adjacent to an activating group) is 2. The lowest BCUT2D eigenvalue weighted by Crippen LogP contribution is -2.47. The van der Waals surface area contributed by atoms with Crippen LogP contribution in [0.15, 0.2) is 22.7 Å². The molecule has 0 bridgehead atoms. The summed E-state index contributed by atoms with van der Waals surface area (Å²) in [6, 6.07) is 6.69. The Labute approximate surface area is 135 Å². The van der Waals surface area contributed by atoms with Crippen LogP contribution in [-0.2, 0) is 0 Å². The lowest BCUT2D eigenvalue weighted by molar-refractivity contribution is 0.101. The number of halogens is 2. The van der Waals surface area contributed by atoms with Gasteiger partial charge in [0.15, 0.2) is 0 Å². The molecule has 20 heavy (non-hydrogen) atoms. The highest BCUT2D eigenvalue weighted by Crippen LogP contribution is 2.31. The average molecular weight is 361 g/mol. The van der Waals surface area contributed by atoms with Gasteiger partial charge in [-0.25, -0.2) is 0 Å². The summed E-state index contributed by atoms with van der Waals surface area (Å²) in [5.41, 5.74) is 7.15. The molecule has 2 atom stereocenters. The van der Waals surface area contributed by atoms with E-state index in [0.717, 1.165) is 21.6 Å². The zero-order valence-corrected chi connectivity index (χ0v) is 14.5. The van der Waals surface area contributed by atoms with Gasteiger partial charge in [-0.15, -0.1) is 0 Å². The number of nitrogens with two attached hydrogens (primary N) is 1. The maximum Gasteiger partial charge on any atom is 0.0486 e. The SMILES string of the molecule is CN1CCCC(N(C)C(CN)c2cc(Br)ccc2Cl)C1. The summed E-state index contributed by atoms with van der Waals surface area (Å²) >= 11 is 9.89. The molecule has 1 aliphatic rings. The van der Waals surface area contributed by atoms with Gasteiger partial charge in [-0.3, -0.25) is 4.90 Å². The third-order valence-electron chi connectivity index (χ3n) is 4.21. The number of hydrogen-bond donors (Lipinski definition) is 1. The van der Waals surface area contributed by atoms with E-state index in [1.165, 1.54) is 19.4 Å². The molecule has 1 fully saturated rings. The summed E-state index contributed by atoms with van der Waals surface area (Å²) in [4.78, 5) is 4.78. The van der Waals surface area contributed by atoms with E-state index in [-0.39, 0.29) is 6.04 Å². The van der Waals surface area contributed by atoms with Crippen LogP contribution in [0.1, 0.15) is 24.4 Å². The number of benzene rings is 1. The first kappa shape index (κ1) is 16.2. The van der Waals surface area contributed by atoms with Crippen molar-refractivity contribution in [3.05, 3.63) is 33.3 Å². The van der Waals surface area contributed by atoms with Gasteiger partial charge < -0.3 is 10.6 Å². The third kappa shape index (κ3) is 3.74. The quantitative estimate of drug-likeness (QED) is 0.895. The van der Waals surface area contributed by atoms with E-state index < -0.39 is 0 Å². The van der Waals surface area contributed by atoms with Crippen molar-refractivity contribution < 1.29 is 0 Å². The first-order valence-corrected chi connectivity index (χ1v) is 8.25. The minimum absolute atomic E-state index is 0.163. The fourth-order valence-electron chi connectivity index (χ4n) is 3.01. The van der Waals surface area contributed by atoms with Gasteiger partial charge in [0.1, 0.15) is 0 Å². The highest BCUT2D eigenvalue weighted by atomic mass is 79.9. The molecular weight excluding hydrogens is 338 g/mol. The van der Waals surface area contributed by atoms with E-state index in [4.69, 9.17) is 17.3 Å². The molecule has 2 unspecified atom stereocenters. The molecule has 5 heteroatoms. The number of likely N-dealkylation sites (tertiary alicyclic amines) is 1. The van der Waals surface area contributed by atoms with E-state index in [1.54, 1.807) is 0 Å². The molecular formula is C15H23BrClN3. The second-order valence-corrected chi connectivity index (χ2v) is 6.96. The van der Waals surface area contributed by atoms with E-state index in [0.29, 0.717) is 12.6 Å². The Kier molecular flexibility index (Phi) is 5.87. The molecule has 1 saturated heterocycles. The number of nitrogens with zero attached hydrogens (tertiary/aromatic N) is 2. The van der Waals surface area contributed by atoms with E-state index >= 15 is 0 Å². The Morgan fingerprint density at radius 1 is 1.55 bits per heavy atom. The molecule has 1 aromatic carbocycles. The van der Waals surface area contributed by atoms with Crippen molar-refractivity contribution in [1.82, 2.24) is 9.80 Å². The maximum atomic E-state index is 6.37. The molecule has 0 spiro atoms. The van der Waals surface area contributed by atoms with Gasteiger partial charge in [0.05, 0.1) is 0 Å². The second kappa shape index (κ2) is 7.23. The summed E-state index contributed by atoms with van der Waals surface area (Å²) in [5.74, 6) is 0. The number of hydrogen-bond acceptors (Lipinski definition) is 3. The van der Waals surface area contributed by atoms with Crippen molar-refractivity contribution in [3.63, 3.8) is 0 Å². The Balaban J connectivity index is 2.20. The monoisotopic (exact) mass is 359 g/mol. The van der Waals surface area contributed by atoms with Crippen LogP contribution >= 0.6 is 27.5 Å². The molecule has 0 aliphatic carbocycles. The zero-order chi connectivity index (χ0) is 14.7. The van der Waals surface area contributed by atoms with Crippen LogP contribution in [0.3, 0.4) is 0 Å². The Hall–Kier alpha value is -0.130. The number of piperidine rings is 1. The van der Waals surface area contributed by atoms with Crippen LogP contribution in [0, 0.1) is 0 Å². The van der Waals surface area contributed by atoms with Crippen LogP contribution < -0.4 is 5.73 Å². The molecule has 2 N–H and O–H groups in total. The van der Waals surface area contributed by atoms with Gasteiger partial charge in [-0.2, -0.15) is 0 Å². The van der Waals surface area contributed by atoms with Gasteiger partial charge in [-0.05, 0) is 57.2 Å². The van der Waals surface area contributed by atoms with Gasteiger partial charge in [-0.1, -0.05) is 27.5 Å². The van der Waals surface area contributed by atoms with Crippen LogP contribution in [0.5, 0.6) is 0 Å². The lowest BCUT2D eigenvalue weighted by Gasteiger charge is -2.40.